The maximum atomic E-state index is 5.96. The Balaban J connectivity index is 1.34. The zero-order chi connectivity index (χ0) is 18.2. The van der Waals surface area contributed by atoms with E-state index in [9.17, 15) is 0 Å². The molecule has 138 valence electrons. The molecule has 0 spiro atoms. The summed E-state index contributed by atoms with van der Waals surface area (Å²) >= 11 is 0. The van der Waals surface area contributed by atoms with Gasteiger partial charge in [0.05, 0.1) is 0 Å². The van der Waals surface area contributed by atoms with Crippen LogP contribution in [-0.2, 0) is 0 Å². The van der Waals surface area contributed by atoms with E-state index in [0.29, 0.717) is 5.96 Å². The zero-order valence-corrected chi connectivity index (χ0v) is 15.6. The first-order chi connectivity index (χ1) is 12.7. The molecule has 2 aromatic rings. The number of hydrogen-bond donors (Lipinski definition) is 2. The molecule has 0 aromatic heterocycles. The highest BCUT2D eigenvalue weighted by molar-refractivity contribution is 5.92. The summed E-state index contributed by atoms with van der Waals surface area (Å²) in [5, 5.41) is 3.14. The summed E-state index contributed by atoms with van der Waals surface area (Å²) in [5.41, 5.74) is 9.50. The van der Waals surface area contributed by atoms with Gasteiger partial charge in [-0.05, 0) is 37.6 Å². The summed E-state index contributed by atoms with van der Waals surface area (Å²) in [6.07, 6.45) is 1.03. The standard InChI is InChI=1S/C21H29N5/c1-18-8-10-19(11-9-18)24-21(22)23-12-5-13-25-14-16-26(17-15-25)20-6-3-2-4-7-20/h2-4,6-11H,5,12-17H2,1H3,(H3,22,23,24). The molecule has 0 radical (unpaired) electrons. The van der Waals surface area contributed by atoms with Crippen LogP contribution in [0.3, 0.4) is 0 Å². The molecule has 1 saturated heterocycles. The van der Waals surface area contributed by atoms with Crippen molar-refractivity contribution >= 4 is 17.3 Å². The minimum atomic E-state index is 0.489. The number of piperazine rings is 1. The topological polar surface area (TPSA) is 56.9 Å². The van der Waals surface area contributed by atoms with Crippen molar-refractivity contribution in [2.24, 2.45) is 10.7 Å². The molecule has 26 heavy (non-hydrogen) atoms. The average Bonchev–Trinajstić information content (AvgIpc) is 2.68. The van der Waals surface area contributed by atoms with Gasteiger partial charge in [-0.3, -0.25) is 9.89 Å². The first-order valence-corrected chi connectivity index (χ1v) is 9.37. The van der Waals surface area contributed by atoms with Gasteiger partial charge in [0.1, 0.15) is 0 Å². The second-order valence-corrected chi connectivity index (χ2v) is 6.78. The summed E-state index contributed by atoms with van der Waals surface area (Å²) < 4.78 is 0. The smallest absolute Gasteiger partial charge is 0.193 e. The Morgan fingerprint density at radius 3 is 2.38 bits per heavy atom. The van der Waals surface area contributed by atoms with Crippen LogP contribution in [0.2, 0.25) is 0 Å². The molecule has 1 fully saturated rings. The van der Waals surface area contributed by atoms with Gasteiger partial charge >= 0.3 is 0 Å². The third-order valence-corrected chi connectivity index (χ3v) is 4.73. The van der Waals surface area contributed by atoms with Crippen molar-refractivity contribution in [3.8, 4) is 0 Å². The lowest BCUT2D eigenvalue weighted by Crippen LogP contribution is -2.46. The number of nitrogens with one attached hydrogen (secondary N) is 1. The molecule has 3 N–H and O–H groups in total. The number of hydrogen-bond acceptors (Lipinski definition) is 3. The third-order valence-electron chi connectivity index (χ3n) is 4.73. The fraction of sp³-hybridized carbons (Fsp3) is 0.381. The van der Waals surface area contributed by atoms with Gasteiger partial charge < -0.3 is 16.0 Å². The van der Waals surface area contributed by atoms with Crippen LogP contribution < -0.4 is 16.0 Å². The molecule has 0 aliphatic carbocycles. The third kappa shape index (κ3) is 5.49. The number of benzene rings is 2. The SMILES string of the molecule is Cc1ccc(NC(N)=NCCCN2CCN(c3ccccc3)CC2)cc1. The number of rotatable bonds is 6. The van der Waals surface area contributed by atoms with Crippen molar-refractivity contribution in [2.45, 2.75) is 13.3 Å². The van der Waals surface area contributed by atoms with Crippen molar-refractivity contribution in [1.82, 2.24) is 4.90 Å². The second kappa shape index (κ2) is 9.25. The molecule has 0 atom stereocenters. The molecule has 1 heterocycles. The molecule has 0 saturated carbocycles. The molecular weight excluding hydrogens is 322 g/mol. The maximum Gasteiger partial charge on any atom is 0.193 e. The van der Waals surface area contributed by atoms with Gasteiger partial charge in [-0.2, -0.15) is 0 Å². The summed E-state index contributed by atoms with van der Waals surface area (Å²) in [7, 11) is 0. The van der Waals surface area contributed by atoms with Gasteiger partial charge in [0.25, 0.3) is 0 Å². The summed E-state index contributed by atoms with van der Waals surface area (Å²) in [6.45, 7) is 8.29. The van der Waals surface area contributed by atoms with E-state index in [4.69, 9.17) is 5.73 Å². The lowest BCUT2D eigenvalue weighted by atomic mass is 10.2. The van der Waals surface area contributed by atoms with Crippen LogP contribution in [-0.4, -0.2) is 50.1 Å². The Bertz CT molecular complexity index is 688. The molecule has 5 heteroatoms. The first kappa shape index (κ1) is 18.3. The van der Waals surface area contributed by atoms with E-state index in [1.807, 2.05) is 12.1 Å². The predicted octanol–water partition coefficient (Wildman–Crippen LogP) is 2.93. The van der Waals surface area contributed by atoms with Crippen LogP contribution in [0.5, 0.6) is 0 Å². The summed E-state index contributed by atoms with van der Waals surface area (Å²) in [5.74, 6) is 0.489. The van der Waals surface area contributed by atoms with E-state index in [0.717, 1.165) is 51.4 Å². The monoisotopic (exact) mass is 351 g/mol. The average molecular weight is 351 g/mol. The Hall–Kier alpha value is -2.53. The van der Waals surface area contributed by atoms with Gasteiger partial charge in [-0.1, -0.05) is 35.9 Å². The Kier molecular flexibility index (Phi) is 6.50. The summed E-state index contributed by atoms with van der Waals surface area (Å²) in [4.78, 5) is 9.40. The number of guanidine groups is 1. The van der Waals surface area contributed by atoms with E-state index >= 15 is 0 Å². The molecular formula is C21H29N5. The second-order valence-electron chi connectivity index (χ2n) is 6.78. The van der Waals surface area contributed by atoms with Crippen LogP contribution in [0, 0.1) is 6.92 Å². The Labute approximate surface area is 156 Å². The maximum absolute atomic E-state index is 5.96. The number of anilines is 2. The van der Waals surface area contributed by atoms with Crippen molar-refractivity contribution in [2.75, 3.05) is 49.5 Å². The fourth-order valence-corrected chi connectivity index (χ4v) is 3.19. The van der Waals surface area contributed by atoms with Crippen molar-refractivity contribution in [1.29, 1.82) is 0 Å². The largest absolute Gasteiger partial charge is 0.370 e. The van der Waals surface area contributed by atoms with Gasteiger partial charge in [0, 0.05) is 50.6 Å². The summed E-state index contributed by atoms with van der Waals surface area (Å²) in [6, 6.07) is 18.8. The van der Waals surface area contributed by atoms with Crippen LogP contribution in [0.1, 0.15) is 12.0 Å². The zero-order valence-electron chi connectivity index (χ0n) is 15.6. The predicted molar refractivity (Wildman–Crippen MR) is 111 cm³/mol. The quantitative estimate of drug-likeness (QED) is 0.477. The van der Waals surface area contributed by atoms with E-state index in [2.05, 4.69) is 69.5 Å². The molecule has 5 nitrogen and oxygen atoms in total. The molecule has 0 bridgehead atoms. The van der Waals surface area contributed by atoms with Gasteiger partial charge in [-0.15, -0.1) is 0 Å². The number of aryl methyl sites for hydroxylation is 1. The van der Waals surface area contributed by atoms with Crippen molar-refractivity contribution in [3.63, 3.8) is 0 Å². The van der Waals surface area contributed by atoms with Crippen molar-refractivity contribution in [3.05, 3.63) is 60.2 Å². The highest BCUT2D eigenvalue weighted by atomic mass is 15.3. The number of nitrogens with two attached hydrogens (primary N) is 1. The lowest BCUT2D eigenvalue weighted by molar-refractivity contribution is 0.256. The van der Waals surface area contributed by atoms with Gasteiger partial charge in [0.2, 0.25) is 0 Å². The highest BCUT2D eigenvalue weighted by Gasteiger charge is 2.16. The highest BCUT2D eigenvalue weighted by Crippen LogP contribution is 2.15. The molecule has 0 unspecified atom stereocenters. The van der Waals surface area contributed by atoms with Gasteiger partial charge in [0.15, 0.2) is 5.96 Å². The normalized spacial score (nSPS) is 15.9. The van der Waals surface area contributed by atoms with E-state index < -0.39 is 0 Å². The molecule has 1 aliphatic heterocycles. The van der Waals surface area contributed by atoms with Crippen molar-refractivity contribution < 1.29 is 0 Å². The molecule has 1 aliphatic rings. The number of aliphatic imine (C=N–C) groups is 1. The Morgan fingerprint density at radius 1 is 1.00 bits per heavy atom. The van der Waals surface area contributed by atoms with Crippen LogP contribution in [0.25, 0.3) is 0 Å². The number of para-hydroxylation sites is 1. The number of nitrogens with zero attached hydrogens (tertiary/aromatic N) is 3. The van der Waals surface area contributed by atoms with Crippen LogP contribution >= 0.6 is 0 Å². The van der Waals surface area contributed by atoms with E-state index in [1.165, 1.54) is 11.3 Å². The van der Waals surface area contributed by atoms with Crippen LogP contribution in [0.15, 0.2) is 59.6 Å². The molecule has 2 aromatic carbocycles. The molecule has 0 amide bonds. The molecule has 3 rings (SSSR count). The van der Waals surface area contributed by atoms with E-state index in [1.54, 1.807) is 0 Å². The lowest BCUT2D eigenvalue weighted by Gasteiger charge is -2.36. The first-order valence-electron chi connectivity index (χ1n) is 9.37. The van der Waals surface area contributed by atoms with Crippen LogP contribution in [0.4, 0.5) is 11.4 Å². The Morgan fingerprint density at radius 2 is 1.69 bits per heavy atom. The minimum Gasteiger partial charge on any atom is -0.370 e. The van der Waals surface area contributed by atoms with Gasteiger partial charge in [-0.25, -0.2) is 0 Å². The fourth-order valence-electron chi connectivity index (χ4n) is 3.19. The minimum absolute atomic E-state index is 0.489. The van der Waals surface area contributed by atoms with E-state index in [-0.39, 0.29) is 0 Å².